The number of ether oxygens (including phenoxy) is 1. The number of fused-ring (bicyclic) bond motifs is 1. The third-order valence-corrected chi connectivity index (χ3v) is 5.91. The zero-order valence-corrected chi connectivity index (χ0v) is 19.1. The summed E-state index contributed by atoms with van der Waals surface area (Å²) in [6.07, 6.45) is 4.33. The van der Waals surface area contributed by atoms with E-state index < -0.39 is 5.97 Å². The molecule has 3 aromatic rings. The molecule has 1 aliphatic heterocycles. The first-order valence-corrected chi connectivity index (χ1v) is 11.2. The van der Waals surface area contributed by atoms with Gasteiger partial charge in [-0.2, -0.15) is 0 Å². The fourth-order valence-corrected chi connectivity index (χ4v) is 4.11. The summed E-state index contributed by atoms with van der Waals surface area (Å²) in [5.41, 5.74) is 3.80. The molecular weight excluding hydrogens is 416 g/mol. The number of methoxy groups -OCH3 is 1. The highest BCUT2D eigenvalue weighted by molar-refractivity contribution is 6.11. The summed E-state index contributed by atoms with van der Waals surface area (Å²) in [4.78, 5) is 32.7. The van der Waals surface area contributed by atoms with E-state index in [4.69, 9.17) is 4.74 Å². The van der Waals surface area contributed by atoms with Gasteiger partial charge in [-0.25, -0.2) is 4.79 Å². The minimum Gasteiger partial charge on any atom is -0.464 e. The van der Waals surface area contributed by atoms with Gasteiger partial charge >= 0.3 is 5.97 Å². The molecule has 2 heterocycles. The number of H-pyrrole nitrogens is 1. The van der Waals surface area contributed by atoms with Crippen LogP contribution in [0.25, 0.3) is 17.0 Å². The Morgan fingerprint density at radius 2 is 1.79 bits per heavy atom. The van der Waals surface area contributed by atoms with Crippen LogP contribution >= 0.6 is 0 Å². The van der Waals surface area contributed by atoms with Crippen molar-refractivity contribution in [1.82, 2.24) is 14.8 Å². The Balaban J connectivity index is 1.32. The minimum absolute atomic E-state index is 0.140. The van der Waals surface area contributed by atoms with E-state index >= 15 is 0 Å². The number of aromatic nitrogens is 1. The molecule has 0 aliphatic carbocycles. The van der Waals surface area contributed by atoms with Crippen LogP contribution in [-0.2, 0) is 9.53 Å². The van der Waals surface area contributed by atoms with Crippen LogP contribution in [0.4, 0.5) is 5.69 Å². The Hall–Kier alpha value is -3.42. The molecule has 0 saturated carbocycles. The lowest BCUT2D eigenvalue weighted by Crippen LogP contribution is -2.48. The van der Waals surface area contributed by atoms with E-state index in [-0.39, 0.29) is 18.1 Å². The van der Waals surface area contributed by atoms with Crippen LogP contribution in [0.5, 0.6) is 0 Å². The first-order chi connectivity index (χ1) is 16.0. The summed E-state index contributed by atoms with van der Waals surface area (Å²) in [7, 11) is 1.33. The summed E-state index contributed by atoms with van der Waals surface area (Å²) in [6.45, 7) is 6.62. The highest BCUT2D eigenvalue weighted by Crippen LogP contribution is 2.29. The third-order valence-electron chi connectivity index (χ3n) is 5.91. The molecule has 1 aliphatic rings. The number of rotatable bonds is 7. The molecule has 1 fully saturated rings. The molecule has 0 radical (unpaired) electrons. The number of anilines is 1. The molecule has 2 N–H and O–H groups in total. The van der Waals surface area contributed by atoms with Crippen LogP contribution in [0.2, 0.25) is 0 Å². The number of esters is 1. The van der Waals surface area contributed by atoms with Crippen LogP contribution in [0.15, 0.2) is 54.6 Å². The molecule has 7 heteroatoms. The molecule has 1 saturated heterocycles. The number of carbonyl (C=O) groups excluding carboxylic acids is 2. The number of carbonyl (C=O) groups is 2. The van der Waals surface area contributed by atoms with Gasteiger partial charge in [0, 0.05) is 43.6 Å². The quantitative estimate of drug-likeness (QED) is 0.543. The normalized spacial score (nSPS) is 15.2. The second-order valence-corrected chi connectivity index (χ2v) is 8.35. The zero-order chi connectivity index (χ0) is 23.2. The fraction of sp³-hybridized carbons (Fsp3) is 0.308. The molecule has 172 valence electrons. The lowest BCUT2D eigenvalue weighted by molar-refractivity contribution is -0.117. The molecule has 7 nitrogen and oxygen atoms in total. The van der Waals surface area contributed by atoms with Crippen LogP contribution in [0.1, 0.15) is 21.6 Å². The van der Waals surface area contributed by atoms with E-state index in [2.05, 4.69) is 44.4 Å². The number of benzene rings is 2. The summed E-state index contributed by atoms with van der Waals surface area (Å²) in [6, 6.07) is 16.1. The summed E-state index contributed by atoms with van der Waals surface area (Å²) < 4.78 is 4.90. The van der Waals surface area contributed by atoms with Gasteiger partial charge in [-0.3, -0.25) is 14.6 Å². The Bertz CT molecular complexity index is 1150. The van der Waals surface area contributed by atoms with Gasteiger partial charge in [0.05, 0.1) is 19.3 Å². The first kappa shape index (κ1) is 22.8. The highest BCUT2D eigenvalue weighted by Gasteiger charge is 2.22. The van der Waals surface area contributed by atoms with Crippen molar-refractivity contribution >= 4 is 34.5 Å². The average Bonchev–Trinajstić information content (AvgIpc) is 3.17. The smallest absolute Gasteiger partial charge is 0.356 e. The number of hydrogen-bond donors (Lipinski definition) is 2. The van der Waals surface area contributed by atoms with Crippen LogP contribution < -0.4 is 5.32 Å². The highest BCUT2D eigenvalue weighted by atomic mass is 16.5. The van der Waals surface area contributed by atoms with E-state index in [9.17, 15) is 9.59 Å². The Morgan fingerprint density at radius 3 is 2.52 bits per heavy atom. The Labute approximate surface area is 194 Å². The van der Waals surface area contributed by atoms with Crippen molar-refractivity contribution in [2.45, 2.75) is 6.92 Å². The van der Waals surface area contributed by atoms with Crippen LogP contribution in [0.3, 0.4) is 0 Å². The van der Waals surface area contributed by atoms with Gasteiger partial charge in [-0.05, 0) is 24.1 Å². The second-order valence-electron chi connectivity index (χ2n) is 8.35. The van der Waals surface area contributed by atoms with Crippen molar-refractivity contribution in [2.24, 2.45) is 0 Å². The standard InChI is InChI=1S/C26H30N4O3/c1-19-10-11-21-22(17-19)27-25(26(32)33-2)24(21)28-23(31)18-30-15-13-29(14-16-30)12-6-9-20-7-4-3-5-8-20/h3-11,17,27H,12-16,18H2,1-2H3,(H,28,31). The number of nitrogens with one attached hydrogen (secondary N) is 2. The molecule has 33 heavy (non-hydrogen) atoms. The van der Waals surface area contributed by atoms with Gasteiger partial charge in [-0.15, -0.1) is 0 Å². The van der Waals surface area contributed by atoms with Crippen molar-refractivity contribution in [3.63, 3.8) is 0 Å². The molecule has 2 aromatic carbocycles. The van der Waals surface area contributed by atoms with Gasteiger partial charge < -0.3 is 15.0 Å². The Morgan fingerprint density at radius 1 is 1.06 bits per heavy atom. The summed E-state index contributed by atoms with van der Waals surface area (Å²) in [5, 5.41) is 3.74. The maximum Gasteiger partial charge on any atom is 0.356 e. The van der Waals surface area contributed by atoms with E-state index in [1.807, 2.05) is 43.3 Å². The molecule has 0 bridgehead atoms. The van der Waals surface area contributed by atoms with Gasteiger partial charge in [0.2, 0.25) is 5.91 Å². The SMILES string of the molecule is COC(=O)c1[nH]c2cc(C)ccc2c1NC(=O)CN1CCN(CC=Cc2ccccc2)CC1. The first-order valence-electron chi connectivity index (χ1n) is 11.2. The molecular formula is C26H30N4O3. The largest absolute Gasteiger partial charge is 0.464 e. The topological polar surface area (TPSA) is 77.7 Å². The second kappa shape index (κ2) is 10.5. The van der Waals surface area contributed by atoms with Gasteiger partial charge in [0.1, 0.15) is 5.69 Å². The lowest BCUT2D eigenvalue weighted by atomic mass is 10.1. The van der Waals surface area contributed by atoms with Gasteiger partial charge in [0.15, 0.2) is 0 Å². The number of aromatic amines is 1. The molecule has 1 amide bonds. The predicted molar refractivity (Wildman–Crippen MR) is 131 cm³/mol. The molecule has 0 atom stereocenters. The van der Waals surface area contributed by atoms with E-state index in [0.29, 0.717) is 5.69 Å². The monoisotopic (exact) mass is 446 g/mol. The van der Waals surface area contributed by atoms with Crippen molar-refractivity contribution in [2.75, 3.05) is 51.7 Å². The fourth-order valence-electron chi connectivity index (χ4n) is 4.11. The molecule has 4 rings (SSSR count). The predicted octanol–water partition coefficient (Wildman–Crippen LogP) is 3.53. The maximum absolute atomic E-state index is 12.8. The van der Waals surface area contributed by atoms with Crippen molar-refractivity contribution in [1.29, 1.82) is 0 Å². The molecule has 1 aromatic heterocycles. The molecule has 0 unspecified atom stereocenters. The van der Waals surface area contributed by atoms with Gasteiger partial charge in [0.25, 0.3) is 0 Å². The number of aryl methyl sites for hydroxylation is 1. The minimum atomic E-state index is -0.503. The number of hydrogen-bond acceptors (Lipinski definition) is 5. The summed E-state index contributed by atoms with van der Waals surface area (Å²) in [5.74, 6) is -0.643. The van der Waals surface area contributed by atoms with Crippen molar-refractivity contribution in [3.05, 3.63) is 71.4 Å². The van der Waals surface area contributed by atoms with Crippen LogP contribution in [0, 0.1) is 6.92 Å². The number of piperazine rings is 1. The number of nitrogens with zero attached hydrogens (tertiary/aromatic N) is 2. The van der Waals surface area contributed by atoms with Crippen LogP contribution in [-0.4, -0.2) is 73.0 Å². The van der Waals surface area contributed by atoms with E-state index in [1.54, 1.807) is 0 Å². The van der Waals surface area contributed by atoms with E-state index in [0.717, 1.165) is 49.2 Å². The Kier molecular flexibility index (Phi) is 7.22. The maximum atomic E-state index is 12.8. The van der Waals surface area contributed by atoms with E-state index in [1.165, 1.54) is 12.7 Å². The summed E-state index contributed by atoms with van der Waals surface area (Å²) >= 11 is 0. The van der Waals surface area contributed by atoms with Crippen molar-refractivity contribution < 1.29 is 14.3 Å². The molecule has 0 spiro atoms. The van der Waals surface area contributed by atoms with Gasteiger partial charge in [-0.1, -0.05) is 54.6 Å². The third kappa shape index (κ3) is 5.69. The van der Waals surface area contributed by atoms with Crippen molar-refractivity contribution in [3.8, 4) is 0 Å². The number of amides is 1. The zero-order valence-electron chi connectivity index (χ0n) is 19.1. The lowest BCUT2D eigenvalue weighted by Gasteiger charge is -2.33. The average molecular weight is 447 g/mol.